The molecular formula is C19H31NO3. The summed E-state index contributed by atoms with van der Waals surface area (Å²) < 4.78 is 6.27. The predicted molar refractivity (Wildman–Crippen MR) is 87.3 cm³/mol. The third-order valence-corrected chi connectivity index (χ3v) is 7.05. The molecule has 0 aromatic rings. The lowest BCUT2D eigenvalue weighted by Gasteiger charge is -2.62. The molecule has 3 aliphatic rings. The molecule has 2 N–H and O–H groups in total. The largest absolute Gasteiger partial charge is 0.393 e. The van der Waals surface area contributed by atoms with Gasteiger partial charge in [-0.15, -0.1) is 0 Å². The molecule has 2 saturated carbocycles. The highest BCUT2D eigenvalue weighted by Gasteiger charge is 2.62. The maximum atomic E-state index is 11.4. The van der Waals surface area contributed by atoms with Crippen LogP contribution in [0.3, 0.4) is 0 Å². The molecule has 0 aromatic heterocycles. The van der Waals surface area contributed by atoms with Crippen LogP contribution in [0.15, 0.2) is 0 Å². The second-order valence-electron chi connectivity index (χ2n) is 7.93. The zero-order valence-electron chi connectivity index (χ0n) is 14.3. The van der Waals surface area contributed by atoms with Gasteiger partial charge in [0.2, 0.25) is 0 Å². The second-order valence-corrected chi connectivity index (χ2v) is 7.93. The number of ether oxygens (including phenoxy) is 1. The molecule has 1 saturated heterocycles. The van der Waals surface area contributed by atoms with Crippen molar-refractivity contribution < 1.29 is 14.9 Å². The van der Waals surface area contributed by atoms with Gasteiger partial charge in [0.05, 0.1) is 18.3 Å². The van der Waals surface area contributed by atoms with E-state index in [0.717, 1.165) is 57.8 Å². The Morgan fingerprint density at radius 1 is 1.22 bits per heavy atom. The van der Waals surface area contributed by atoms with E-state index in [1.807, 2.05) is 0 Å². The van der Waals surface area contributed by atoms with Crippen molar-refractivity contribution in [2.45, 2.75) is 95.5 Å². The third kappa shape index (κ3) is 2.81. The quantitative estimate of drug-likeness (QED) is 0.777. The summed E-state index contributed by atoms with van der Waals surface area (Å²) in [7, 11) is 0. The van der Waals surface area contributed by atoms with Crippen LogP contribution in [-0.2, 0) is 4.74 Å². The smallest absolute Gasteiger partial charge is 0.171 e. The highest BCUT2D eigenvalue weighted by atomic mass is 16.6. The van der Waals surface area contributed by atoms with Crippen LogP contribution in [0.4, 0.5) is 0 Å². The monoisotopic (exact) mass is 321 g/mol. The van der Waals surface area contributed by atoms with Gasteiger partial charge in [0.15, 0.2) is 5.79 Å². The molecule has 0 bridgehead atoms. The third-order valence-electron chi connectivity index (χ3n) is 7.05. The van der Waals surface area contributed by atoms with Gasteiger partial charge >= 0.3 is 0 Å². The number of aliphatic hydroxyl groups is 2. The van der Waals surface area contributed by atoms with E-state index in [9.17, 15) is 10.2 Å². The van der Waals surface area contributed by atoms with Gasteiger partial charge < -0.3 is 14.9 Å². The zero-order valence-corrected chi connectivity index (χ0v) is 14.3. The minimum absolute atomic E-state index is 0.0816. The van der Waals surface area contributed by atoms with Crippen molar-refractivity contribution in [1.29, 1.82) is 5.26 Å². The van der Waals surface area contributed by atoms with Crippen LogP contribution in [0, 0.1) is 28.6 Å². The predicted octanol–water partition coefficient (Wildman–Crippen LogP) is 3.52. The Labute approximate surface area is 139 Å². The molecule has 0 amide bonds. The Balaban J connectivity index is 1.78. The summed E-state index contributed by atoms with van der Waals surface area (Å²) in [6.07, 6.45) is 9.65. The number of hydrogen-bond acceptors (Lipinski definition) is 4. The molecule has 4 nitrogen and oxygen atoms in total. The van der Waals surface area contributed by atoms with Crippen LogP contribution in [0.1, 0.15) is 77.6 Å². The number of fused-ring (bicyclic) bond motifs is 3. The van der Waals surface area contributed by atoms with E-state index in [-0.39, 0.29) is 17.6 Å². The zero-order chi connectivity index (χ0) is 16.5. The summed E-state index contributed by atoms with van der Waals surface area (Å²) in [6.45, 7) is 2.17. The number of nitriles is 1. The van der Waals surface area contributed by atoms with Crippen LogP contribution in [0.25, 0.3) is 0 Å². The van der Waals surface area contributed by atoms with Gasteiger partial charge in [-0.3, -0.25) is 0 Å². The number of aliphatic hydroxyl groups excluding tert-OH is 1. The van der Waals surface area contributed by atoms with Crippen LogP contribution < -0.4 is 0 Å². The van der Waals surface area contributed by atoms with E-state index < -0.39 is 5.79 Å². The molecule has 1 aliphatic heterocycles. The summed E-state index contributed by atoms with van der Waals surface area (Å²) in [4.78, 5) is 0. The topological polar surface area (TPSA) is 73.5 Å². The molecule has 1 heterocycles. The first-order valence-corrected chi connectivity index (χ1v) is 9.51. The molecule has 0 spiro atoms. The fraction of sp³-hybridized carbons (Fsp3) is 0.947. The molecule has 4 heteroatoms. The average Bonchev–Trinajstić information content (AvgIpc) is 2.54. The van der Waals surface area contributed by atoms with E-state index >= 15 is 0 Å². The Morgan fingerprint density at radius 3 is 2.78 bits per heavy atom. The van der Waals surface area contributed by atoms with Gasteiger partial charge in [0.25, 0.3) is 0 Å². The Morgan fingerprint density at radius 2 is 2.04 bits per heavy atom. The lowest BCUT2D eigenvalue weighted by atomic mass is 9.50. The molecule has 0 aromatic carbocycles. The molecule has 130 valence electrons. The van der Waals surface area contributed by atoms with Gasteiger partial charge in [-0.25, -0.2) is 0 Å². The first-order valence-electron chi connectivity index (χ1n) is 9.51. The summed E-state index contributed by atoms with van der Waals surface area (Å²) >= 11 is 0. The van der Waals surface area contributed by atoms with Crippen LogP contribution >= 0.6 is 0 Å². The molecule has 0 radical (unpaired) electrons. The van der Waals surface area contributed by atoms with Crippen molar-refractivity contribution >= 4 is 0 Å². The van der Waals surface area contributed by atoms with Gasteiger partial charge in [-0.2, -0.15) is 5.26 Å². The first-order chi connectivity index (χ1) is 11.1. The van der Waals surface area contributed by atoms with Crippen LogP contribution in [0.5, 0.6) is 0 Å². The number of unbranched alkanes of at least 4 members (excludes halogenated alkanes) is 1. The number of hydrogen-bond donors (Lipinski definition) is 2. The summed E-state index contributed by atoms with van der Waals surface area (Å²) in [5.41, 5.74) is -0.191. The van der Waals surface area contributed by atoms with Gasteiger partial charge in [-0.1, -0.05) is 13.3 Å². The lowest BCUT2D eigenvalue weighted by Crippen LogP contribution is -2.64. The first kappa shape index (κ1) is 17.2. The fourth-order valence-electron chi connectivity index (χ4n) is 5.86. The minimum atomic E-state index is -1.03. The fourth-order valence-corrected chi connectivity index (χ4v) is 5.86. The highest BCUT2D eigenvalue weighted by Crippen LogP contribution is 2.62. The van der Waals surface area contributed by atoms with Crippen molar-refractivity contribution in [1.82, 2.24) is 0 Å². The SMILES string of the molecule is CCC12CCC(CCCC#N)OC1(O)CCC1C2CCC[C@@H]1O. The van der Waals surface area contributed by atoms with Crippen molar-refractivity contribution in [3.63, 3.8) is 0 Å². The molecule has 6 atom stereocenters. The van der Waals surface area contributed by atoms with Crippen molar-refractivity contribution in [3.8, 4) is 6.07 Å². The molecule has 5 unspecified atom stereocenters. The summed E-state index contributed by atoms with van der Waals surface area (Å²) in [6, 6.07) is 2.19. The Kier molecular flexibility index (Phi) is 5.01. The van der Waals surface area contributed by atoms with Crippen LogP contribution in [-0.4, -0.2) is 28.2 Å². The van der Waals surface area contributed by atoms with Crippen molar-refractivity contribution in [3.05, 3.63) is 0 Å². The summed E-state index contributed by atoms with van der Waals surface area (Å²) in [5.74, 6) is -0.312. The molecular weight excluding hydrogens is 290 g/mol. The maximum Gasteiger partial charge on any atom is 0.171 e. The van der Waals surface area contributed by atoms with E-state index in [4.69, 9.17) is 10.00 Å². The molecule has 2 aliphatic carbocycles. The normalized spacial score (nSPS) is 46.5. The van der Waals surface area contributed by atoms with Crippen molar-refractivity contribution in [2.75, 3.05) is 0 Å². The number of rotatable bonds is 4. The highest BCUT2D eigenvalue weighted by molar-refractivity contribution is 5.07. The van der Waals surface area contributed by atoms with E-state index in [0.29, 0.717) is 24.7 Å². The Hall–Kier alpha value is -0.630. The van der Waals surface area contributed by atoms with E-state index in [1.165, 1.54) is 0 Å². The van der Waals surface area contributed by atoms with Crippen molar-refractivity contribution in [2.24, 2.45) is 17.3 Å². The maximum absolute atomic E-state index is 11.4. The van der Waals surface area contributed by atoms with Crippen LogP contribution in [0.2, 0.25) is 0 Å². The summed E-state index contributed by atoms with van der Waals surface area (Å²) in [5, 5.41) is 30.6. The second kappa shape index (κ2) is 6.70. The molecule has 23 heavy (non-hydrogen) atoms. The van der Waals surface area contributed by atoms with E-state index in [1.54, 1.807) is 0 Å². The number of nitrogens with zero attached hydrogens (tertiary/aromatic N) is 1. The lowest BCUT2D eigenvalue weighted by molar-refractivity contribution is -0.360. The molecule has 3 rings (SSSR count). The Bertz CT molecular complexity index is 462. The van der Waals surface area contributed by atoms with E-state index in [2.05, 4.69) is 13.0 Å². The van der Waals surface area contributed by atoms with Gasteiger partial charge in [0.1, 0.15) is 0 Å². The minimum Gasteiger partial charge on any atom is -0.393 e. The standard InChI is InChI=1S/C19H31NO3/c1-2-18-11-9-14(6-3-4-13-20)23-19(18,22)12-10-15-16(18)7-5-8-17(15)21/h14-17,21-22H,2-12H2,1H3/t14?,15?,16?,17-,18?,19?/m0/s1. The van der Waals surface area contributed by atoms with Gasteiger partial charge in [0, 0.05) is 18.3 Å². The average molecular weight is 321 g/mol. The van der Waals surface area contributed by atoms with Gasteiger partial charge in [-0.05, 0) is 63.2 Å². The molecule has 3 fully saturated rings.